The number of terminal acetylenes is 1. The number of hydrogen-bond donors (Lipinski definition) is 1. The molecule has 17 heavy (non-hydrogen) atoms. The van der Waals surface area contributed by atoms with Gasteiger partial charge >= 0.3 is 6.18 Å². The maximum Gasteiger partial charge on any atom is 0.416 e. The van der Waals surface area contributed by atoms with Gasteiger partial charge in [0.05, 0.1) is 17.3 Å². The minimum absolute atomic E-state index is 0.232. The van der Waals surface area contributed by atoms with E-state index in [0.717, 1.165) is 12.1 Å². The van der Waals surface area contributed by atoms with Crippen LogP contribution >= 0.6 is 0 Å². The Morgan fingerprint density at radius 1 is 1.41 bits per heavy atom. The third-order valence-corrected chi connectivity index (χ3v) is 2.23. The lowest BCUT2D eigenvalue weighted by Gasteiger charge is -2.15. The molecule has 0 spiro atoms. The molecule has 1 N–H and O–H groups in total. The zero-order chi connectivity index (χ0) is 13.1. The topological polar surface area (TPSA) is 12.0 Å². The second-order valence-corrected chi connectivity index (χ2v) is 3.46. The average molecular weight is 245 g/mol. The van der Waals surface area contributed by atoms with E-state index in [1.54, 1.807) is 6.92 Å². The lowest BCUT2D eigenvalue weighted by molar-refractivity contribution is -0.137. The fraction of sp³-hybridized carbons (Fsp3) is 0.333. The van der Waals surface area contributed by atoms with Gasteiger partial charge in [-0.25, -0.2) is 4.39 Å². The number of hydrogen-bond acceptors (Lipinski definition) is 1. The van der Waals surface area contributed by atoms with Crippen LogP contribution in [0.5, 0.6) is 0 Å². The van der Waals surface area contributed by atoms with Gasteiger partial charge < -0.3 is 5.32 Å². The molecule has 0 aliphatic heterocycles. The molecule has 1 aromatic rings. The molecule has 1 nitrogen and oxygen atoms in total. The average Bonchev–Trinajstić information content (AvgIpc) is 2.26. The minimum Gasteiger partial charge on any atom is -0.369 e. The normalized spacial score (nSPS) is 12.9. The van der Waals surface area contributed by atoms with E-state index in [2.05, 4.69) is 11.2 Å². The summed E-state index contributed by atoms with van der Waals surface area (Å²) in [5, 5.41) is 2.55. The molecule has 0 aliphatic carbocycles. The van der Waals surface area contributed by atoms with Crippen molar-refractivity contribution in [2.75, 3.05) is 5.32 Å². The van der Waals surface area contributed by atoms with Crippen LogP contribution in [0.25, 0.3) is 0 Å². The van der Waals surface area contributed by atoms with Gasteiger partial charge in [-0.15, -0.1) is 6.42 Å². The molecule has 1 aromatic carbocycles. The second kappa shape index (κ2) is 5.09. The van der Waals surface area contributed by atoms with E-state index in [9.17, 15) is 17.6 Å². The Kier molecular flexibility index (Phi) is 4.00. The highest BCUT2D eigenvalue weighted by Gasteiger charge is 2.31. The number of nitrogens with one attached hydrogen (secondary N) is 1. The second-order valence-electron chi connectivity index (χ2n) is 3.46. The number of benzene rings is 1. The lowest BCUT2D eigenvalue weighted by Crippen LogP contribution is -2.17. The van der Waals surface area contributed by atoms with Crippen molar-refractivity contribution in [3.05, 3.63) is 29.6 Å². The van der Waals surface area contributed by atoms with Gasteiger partial charge in [-0.1, -0.05) is 12.8 Å². The van der Waals surface area contributed by atoms with Crippen molar-refractivity contribution >= 4 is 5.69 Å². The minimum atomic E-state index is -4.50. The third kappa shape index (κ3) is 3.38. The fourth-order valence-electron chi connectivity index (χ4n) is 1.26. The first-order valence-corrected chi connectivity index (χ1v) is 4.98. The van der Waals surface area contributed by atoms with Crippen LogP contribution in [0.2, 0.25) is 0 Å². The van der Waals surface area contributed by atoms with E-state index in [1.807, 2.05) is 0 Å². The summed E-state index contributed by atoms with van der Waals surface area (Å²) >= 11 is 0. The van der Waals surface area contributed by atoms with E-state index in [0.29, 0.717) is 12.5 Å². The van der Waals surface area contributed by atoms with Crippen LogP contribution in [0.15, 0.2) is 18.2 Å². The standard InChI is InChI=1S/C12H11F4N/c1-3-9(4-2)17-11-7-8(12(14,15)16)5-6-10(11)13/h1,5-7,9,17H,4H2,2H3. The van der Waals surface area contributed by atoms with Crippen LogP contribution in [0.3, 0.4) is 0 Å². The van der Waals surface area contributed by atoms with E-state index in [1.165, 1.54) is 0 Å². The predicted octanol–water partition coefficient (Wildman–Crippen LogP) is 3.67. The van der Waals surface area contributed by atoms with E-state index in [-0.39, 0.29) is 5.69 Å². The van der Waals surface area contributed by atoms with E-state index >= 15 is 0 Å². The molecule has 0 saturated heterocycles. The highest BCUT2D eigenvalue weighted by atomic mass is 19.4. The summed E-state index contributed by atoms with van der Waals surface area (Å²) in [4.78, 5) is 0. The van der Waals surface area contributed by atoms with Crippen LogP contribution < -0.4 is 5.32 Å². The third-order valence-electron chi connectivity index (χ3n) is 2.23. The molecular weight excluding hydrogens is 234 g/mol. The Morgan fingerprint density at radius 2 is 2.06 bits per heavy atom. The van der Waals surface area contributed by atoms with Crippen LogP contribution in [0, 0.1) is 18.2 Å². The molecule has 0 aliphatic rings. The first kappa shape index (κ1) is 13.4. The molecule has 0 aromatic heterocycles. The summed E-state index contributed by atoms with van der Waals surface area (Å²) in [5.74, 6) is 1.57. The highest BCUT2D eigenvalue weighted by Crippen LogP contribution is 2.32. The van der Waals surface area contributed by atoms with Crippen molar-refractivity contribution in [2.24, 2.45) is 0 Å². The van der Waals surface area contributed by atoms with Crippen LogP contribution in [-0.4, -0.2) is 6.04 Å². The monoisotopic (exact) mass is 245 g/mol. The maximum absolute atomic E-state index is 13.3. The van der Waals surface area contributed by atoms with Gasteiger partial charge in [-0.2, -0.15) is 13.2 Å². The molecule has 0 heterocycles. The van der Waals surface area contributed by atoms with Crippen molar-refractivity contribution in [1.82, 2.24) is 0 Å². The zero-order valence-corrected chi connectivity index (χ0v) is 9.11. The van der Waals surface area contributed by atoms with Gasteiger partial charge in [0.15, 0.2) is 0 Å². The van der Waals surface area contributed by atoms with E-state index in [4.69, 9.17) is 6.42 Å². The molecule has 1 unspecified atom stereocenters. The van der Waals surface area contributed by atoms with Gasteiger partial charge in [-0.05, 0) is 24.6 Å². The van der Waals surface area contributed by atoms with Crippen molar-refractivity contribution in [3.63, 3.8) is 0 Å². The Hall–Kier alpha value is -1.70. The van der Waals surface area contributed by atoms with Crippen LogP contribution in [0.4, 0.5) is 23.2 Å². The van der Waals surface area contributed by atoms with Gasteiger partial charge in [0, 0.05) is 0 Å². The van der Waals surface area contributed by atoms with Gasteiger partial charge in [-0.3, -0.25) is 0 Å². The fourth-order valence-corrected chi connectivity index (χ4v) is 1.26. The molecule has 1 rings (SSSR count). The van der Waals surface area contributed by atoms with Gasteiger partial charge in [0.2, 0.25) is 0 Å². The molecule has 1 atom stereocenters. The first-order chi connectivity index (χ1) is 7.88. The SMILES string of the molecule is C#CC(CC)Nc1cc(C(F)(F)F)ccc1F. The Bertz CT molecular complexity index is 431. The van der Waals surface area contributed by atoms with Crippen molar-refractivity contribution in [3.8, 4) is 12.3 Å². The quantitative estimate of drug-likeness (QED) is 0.633. The van der Waals surface area contributed by atoms with Gasteiger partial charge in [0.1, 0.15) is 5.82 Å². The Morgan fingerprint density at radius 3 is 2.53 bits per heavy atom. The number of rotatable bonds is 3. The molecule has 0 radical (unpaired) electrons. The molecule has 0 fully saturated rings. The largest absolute Gasteiger partial charge is 0.416 e. The molecular formula is C12H11F4N. The van der Waals surface area contributed by atoms with Crippen molar-refractivity contribution < 1.29 is 17.6 Å². The lowest BCUT2D eigenvalue weighted by atomic mass is 10.1. The summed E-state index contributed by atoms with van der Waals surface area (Å²) in [7, 11) is 0. The summed E-state index contributed by atoms with van der Waals surface area (Å²) in [6.07, 6.45) is 1.14. The van der Waals surface area contributed by atoms with Crippen molar-refractivity contribution in [1.29, 1.82) is 0 Å². The number of alkyl halides is 3. The first-order valence-electron chi connectivity index (χ1n) is 4.98. The number of halogens is 4. The molecule has 0 saturated carbocycles. The molecule has 0 amide bonds. The molecule has 5 heteroatoms. The van der Waals surface area contributed by atoms with Gasteiger partial charge in [0.25, 0.3) is 0 Å². The predicted molar refractivity (Wildman–Crippen MR) is 57.9 cm³/mol. The van der Waals surface area contributed by atoms with Crippen LogP contribution in [-0.2, 0) is 6.18 Å². The summed E-state index contributed by atoms with van der Waals surface area (Å²) in [6, 6.07) is 1.69. The molecule has 92 valence electrons. The highest BCUT2D eigenvalue weighted by molar-refractivity contribution is 5.49. The summed E-state index contributed by atoms with van der Waals surface area (Å²) in [6.45, 7) is 1.75. The smallest absolute Gasteiger partial charge is 0.369 e. The maximum atomic E-state index is 13.3. The van der Waals surface area contributed by atoms with E-state index < -0.39 is 23.6 Å². The Balaban J connectivity index is 3.04. The zero-order valence-electron chi connectivity index (χ0n) is 9.11. The molecule has 0 bridgehead atoms. The summed E-state index contributed by atoms with van der Waals surface area (Å²) < 4.78 is 50.5. The number of anilines is 1. The van der Waals surface area contributed by atoms with Crippen LogP contribution in [0.1, 0.15) is 18.9 Å². The summed E-state index contributed by atoms with van der Waals surface area (Å²) in [5.41, 5.74) is -1.14. The van der Waals surface area contributed by atoms with Crippen molar-refractivity contribution in [2.45, 2.75) is 25.6 Å². The Labute approximate surface area is 96.8 Å².